The van der Waals surface area contributed by atoms with E-state index in [2.05, 4.69) is 11.9 Å². The number of nitrogens with zero attached hydrogens (tertiary/aromatic N) is 1. The SMILES string of the molecule is CCCCCCOc1cc(C(N)=O)c2ccccc2n1. The monoisotopic (exact) mass is 272 g/mol. The van der Waals surface area contributed by atoms with Gasteiger partial charge in [-0.05, 0) is 12.5 Å². The molecule has 0 aliphatic carbocycles. The van der Waals surface area contributed by atoms with Crippen molar-refractivity contribution >= 4 is 16.8 Å². The maximum absolute atomic E-state index is 11.5. The third kappa shape index (κ3) is 3.47. The fraction of sp³-hybridized carbons (Fsp3) is 0.375. The van der Waals surface area contributed by atoms with Gasteiger partial charge in [0.15, 0.2) is 0 Å². The third-order valence-electron chi connectivity index (χ3n) is 3.21. The molecule has 1 aromatic carbocycles. The highest BCUT2D eigenvalue weighted by molar-refractivity contribution is 6.05. The van der Waals surface area contributed by atoms with Gasteiger partial charge in [-0.3, -0.25) is 4.79 Å². The average Bonchev–Trinajstić information content (AvgIpc) is 2.46. The molecule has 20 heavy (non-hydrogen) atoms. The number of rotatable bonds is 7. The van der Waals surface area contributed by atoms with Gasteiger partial charge in [0.05, 0.1) is 17.7 Å². The Morgan fingerprint density at radius 3 is 2.80 bits per heavy atom. The molecular formula is C16H20N2O2. The number of unbranched alkanes of at least 4 members (excludes halogenated alkanes) is 3. The largest absolute Gasteiger partial charge is 0.478 e. The lowest BCUT2D eigenvalue weighted by Gasteiger charge is -2.08. The van der Waals surface area contributed by atoms with Gasteiger partial charge in [-0.2, -0.15) is 0 Å². The summed E-state index contributed by atoms with van der Waals surface area (Å²) in [7, 11) is 0. The van der Waals surface area contributed by atoms with Gasteiger partial charge in [0.25, 0.3) is 0 Å². The molecule has 1 heterocycles. The Hall–Kier alpha value is -2.10. The van der Waals surface area contributed by atoms with Crippen molar-refractivity contribution in [1.29, 1.82) is 0 Å². The van der Waals surface area contributed by atoms with Crippen LogP contribution < -0.4 is 10.5 Å². The first-order valence-electron chi connectivity index (χ1n) is 7.04. The van der Waals surface area contributed by atoms with E-state index in [1.807, 2.05) is 24.3 Å². The Bertz CT molecular complexity index is 596. The molecule has 0 saturated heterocycles. The molecule has 1 aromatic heterocycles. The van der Waals surface area contributed by atoms with Crippen molar-refractivity contribution < 1.29 is 9.53 Å². The van der Waals surface area contributed by atoms with E-state index in [0.29, 0.717) is 18.1 Å². The van der Waals surface area contributed by atoms with Crippen LogP contribution in [0.3, 0.4) is 0 Å². The van der Waals surface area contributed by atoms with E-state index >= 15 is 0 Å². The van der Waals surface area contributed by atoms with E-state index in [1.165, 1.54) is 12.8 Å². The predicted molar refractivity (Wildman–Crippen MR) is 79.9 cm³/mol. The molecule has 0 aliphatic heterocycles. The van der Waals surface area contributed by atoms with Crippen LogP contribution in [-0.2, 0) is 0 Å². The first kappa shape index (κ1) is 14.3. The Morgan fingerprint density at radius 1 is 1.25 bits per heavy atom. The highest BCUT2D eigenvalue weighted by atomic mass is 16.5. The Kier molecular flexibility index (Phi) is 4.93. The van der Waals surface area contributed by atoms with Crippen molar-refractivity contribution in [3.05, 3.63) is 35.9 Å². The maximum Gasteiger partial charge on any atom is 0.249 e. The summed E-state index contributed by atoms with van der Waals surface area (Å²) in [4.78, 5) is 15.9. The van der Waals surface area contributed by atoms with Crippen molar-refractivity contribution in [3.63, 3.8) is 0 Å². The summed E-state index contributed by atoms with van der Waals surface area (Å²) in [5.74, 6) is 0.00781. The number of aromatic nitrogens is 1. The number of nitrogens with two attached hydrogens (primary N) is 1. The zero-order valence-electron chi connectivity index (χ0n) is 11.8. The number of para-hydroxylation sites is 1. The first-order chi connectivity index (χ1) is 9.72. The number of carbonyl (C=O) groups excluding carboxylic acids is 1. The molecule has 4 heteroatoms. The minimum absolute atomic E-state index is 0.458. The first-order valence-corrected chi connectivity index (χ1v) is 7.04. The van der Waals surface area contributed by atoms with Gasteiger partial charge in [-0.25, -0.2) is 4.98 Å². The van der Waals surface area contributed by atoms with Gasteiger partial charge < -0.3 is 10.5 Å². The minimum atomic E-state index is -0.459. The summed E-state index contributed by atoms with van der Waals surface area (Å²) < 4.78 is 5.63. The maximum atomic E-state index is 11.5. The summed E-state index contributed by atoms with van der Waals surface area (Å²) in [6, 6.07) is 9.07. The van der Waals surface area contributed by atoms with Crippen LogP contribution in [-0.4, -0.2) is 17.5 Å². The highest BCUT2D eigenvalue weighted by Crippen LogP contribution is 2.21. The van der Waals surface area contributed by atoms with Gasteiger partial charge in [0.1, 0.15) is 0 Å². The molecule has 0 aliphatic rings. The minimum Gasteiger partial charge on any atom is -0.478 e. The van der Waals surface area contributed by atoms with Crippen LogP contribution in [0, 0.1) is 0 Å². The van der Waals surface area contributed by atoms with Gasteiger partial charge in [-0.15, -0.1) is 0 Å². The number of carbonyl (C=O) groups is 1. The lowest BCUT2D eigenvalue weighted by Crippen LogP contribution is -2.12. The summed E-state index contributed by atoms with van der Waals surface area (Å²) in [6.07, 6.45) is 4.54. The zero-order valence-corrected chi connectivity index (χ0v) is 11.8. The molecule has 2 aromatic rings. The number of ether oxygens (including phenoxy) is 1. The van der Waals surface area contributed by atoms with Crippen LogP contribution in [0.5, 0.6) is 5.88 Å². The van der Waals surface area contributed by atoms with E-state index in [9.17, 15) is 4.79 Å². The van der Waals surface area contributed by atoms with Gasteiger partial charge in [0.2, 0.25) is 11.8 Å². The second kappa shape index (κ2) is 6.89. The number of fused-ring (bicyclic) bond motifs is 1. The number of hydrogen-bond donors (Lipinski definition) is 1. The number of amides is 1. The summed E-state index contributed by atoms with van der Waals surface area (Å²) in [5.41, 5.74) is 6.61. The van der Waals surface area contributed by atoms with Crippen LogP contribution >= 0.6 is 0 Å². The molecule has 2 rings (SSSR count). The lowest BCUT2D eigenvalue weighted by atomic mass is 10.1. The lowest BCUT2D eigenvalue weighted by molar-refractivity contribution is 0.100. The fourth-order valence-corrected chi connectivity index (χ4v) is 2.13. The summed E-state index contributed by atoms with van der Waals surface area (Å²) in [5, 5.41) is 0.762. The average molecular weight is 272 g/mol. The van der Waals surface area contributed by atoms with Crippen molar-refractivity contribution in [2.75, 3.05) is 6.61 Å². The van der Waals surface area contributed by atoms with Crippen molar-refractivity contribution in [2.24, 2.45) is 5.73 Å². The van der Waals surface area contributed by atoms with Gasteiger partial charge in [-0.1, -0.05) is 44.4 Å². The smallest absolute Gasteiger partial charge is 0.249 e. The van der Waals surface area contributed by atoms with Gasteiger partial charge in [0, 0.05) is 11.5 Å². The van der Waals surface area contributed by atoms with Crippen LogP contribution in [0.1, 0.15) is 43.0 Å². The molecule has 0 unspecified atom stereocenters. The molecule has 0 saturated carbocycles. The molecule has 0 fully saturated rings. The molecule has 0 bridgehead atoms. The van der Waals surface area contributed by atoms with Crippen LogP contribution in [0.4, 0.5) is 0 Å². The number of hydrogen-bond acceptors (Lipinski definition) is 3. The number of pyridine rings is 1. The summed E-state index contributed by atoms with van der Waals surface area (Å²) >= 11 is 0. The quantitative estimate of drug-likeness (QED) is 0.786. The molecule has 0 atom stereocenters. The Balaban J connectivity index is 2.15. The van der Waals surface area contributed by atoms with Crippen LogP contribution in [0.25, 0.3) is 10.9 Å². The van der Waals surface area contributed by atoms with Crippen LogP contribution in [0.2, 0.25) is 0 Å². The molecule has 1 amide bonds. The van der Waals surface area contributed by atoms with E-state index in [0.717, 1.165) is 23.7 Å². The predicted octanol–water partition coefficient (Wildman–Crippen LogP) is 3.29. The number of primary amides is 1. The van der Waals surface area contributed by atoms with E-state index < -0.39 is 5.91 Å². The second-order valence-electron chi connectivity index (χ2n) is 4.80. The molecule has 4 nitrogen and oxygen atoms in total. The molecular weight excluding hydrogens is 252 g/mol. The standard InChI is InChI=1S/C16H20N2O2/c1-2-3-4-7-10-20-15-11-13(16(17)19)12-8-5-6-9-14(12)18-15/h5-6,8-9,11H,2-4,7,10H2,1H3,(H2,17,19). The Labute approximate surface area is 119 Å². The normalized spacial score (nSPS) is 10.7. The molecule has 106 valence electrons. The van der Waals surface area contributed by atoms with E-state index in [-0.39, 0.29) is 0 Å². The van der Waals surface area contributed by atoms with Crippen molar-refractivity contribution in [2.45, 2.75) is 32.6 Å². The van der Waals surface area contributed by atoms with E-state index in [4.69, 9.17) is 10.5 Å². The van der Waals surface area contributed by atoms with Crippen LogP contribution in [0.15, 0.2) is 30.3 Å². The molecule has 0 spiro atoms. The third-order valence-corrected chi connectivity index (χ3v) is 3.21. The van der Waals surface area contributed by atoms with Crippen molar-refractivity contribution in [1.82, 2.24) is 4.98 Å². The summed E-state index contributed by atoms with van der Waals surface area (Å²) in [6.45, 7) is 2.79. The number of benzene rings is 1. The Morgan fingerprint density at radius 2 is 2.05 bits per heavy atom. The second-order valence-corrected chi connectivity index (χ2v) is 4.80. The molecule has 0 radical (unpaired) electrons. The molecule has 2 N–H and O–H groups in total. The topological polar surface area (TPSA) is 65.2 Å². The van der Waals surface area contributed by atoms with E-state index in [1.54, 1.807) is 6.07 Å². The fourth-order valence-electron chi connectivity index (χ4n) is 2.13. The zero-order chi connectivity index (χ0) is 14.4. The van der Waals surface area contributed by atoms with Gasteiger partial charge >= 0.3 is 0 Å². The highest BCUT2D eigenvalue weighted by Gasteiger charge is 2.10. The van der Waals surface area contributed by atoms with Crippen molar-refractivity contribution in [3.8, 4) is 5.88 Å².